The van der Waals surface area contributed by atoms with Crippen molar-refractivity contribution < 1.29 is 0 Å². The average molecular weight is 269 g/mol. The Hall–Kier alpha value is -0.870. The Morgan fingerprint density at radius 3 is 2.50 bits per heavy atom. The molecule has 0 spiro atoms. The molecule has 0 unspecified atom stereocenters. The summed E-state index contributed by atoms with van der Waals surface area (Å²) >= 11 is 6.14. The lowest BCUT2D eigenvalue weighted by molar-refractivity contribution is 0.258. The highest BCUT2D eigenvalue weighted by atomic mass is 35.5. The van der Waals surface area contributed by atoms with Crippen LogP contribution in [0.4, 0.5) is 5.82 Å². The second kappa shape index (κ2) is 6.34. The van der Waals surface area contributed by atoms with Gasteiger partial charge in [-0.05, 0) is 19.4 Å². The lowest BCUT2D eigenvalue weighted by Gasteiger charge is -2.36. The average Bonchev–Trinajstić information content (AvgIpc) is 2.40. The molecule has 0 atom stereocenters. The maximum Gasteiger partial charge on any atom is 0.137 e. The van der Waals surface area contributed by atoms with Crippen LogP contribution in [0.25, 0.3) is 0 Å². The maximum absolute atomic E-state index is 6.14. The monoisotopic (exact) mass is 268 g/mol. The van der Waals surface area contributed by atoms with Gasteiger partial charge in [-0.25, -0.2) is 9.97 Å². The van der Waals surface area contributed by atoms with Crippen LogP contribution in [0.3, 0.4) is 0 Å². The van der Waals surface area contributed by atoms with Crippen molar-refractivity contribution in [2.24, 2.45) is 0 Å². The SMILES string of the molecule is CCCN1CCN(c2ncnc(Cl)c2CC)CC1. The third-order valence-electron chi connectivity index (χ3n) is 3.44. The largest absolute Gasteiger partial charge is 0.354 e. The first-order valence-electron chi connectivity index (χ1n) is 6.73. The molecule has 18 heavy (non-hydrogen) atoms. The van der Waals surface area contributed by atoms with Gasteiger partial charge in [0.2, 0.25) is 0 Å². The Bertz CT molecular complexity index is 389. The number of rotatable bonds is 4. The van der Waals surface area contributed by atoms with Gasteiger partial charge in [-0.2, -0.15) is 0 Å². The molecule has 0 aromatic carbocycles. The molecule has 0 amide bonds. The summed E-state index contributed by atoms with van der Waals surface area (Å²) in [4.78, 5) is 13.3. The second-order valence-electron chi connectivity index (χ2n) is 4.65. The Balaban J connectivity index is 2.07. The van der Waals surface area contributed by atoms with E-state index < -0.39 is 0 Å². The molecule has 4 nitrogen and oxygen atoms in total. The van der Waals surface area contributed by atoms with Crippen LogP contribution < -0.4 is 4.90 Å². The predicted octanol–water partition coefficient (Wildman–Crippen LogP) is 2.22. The highest BCUT2D eigenvalue weighted by Gasteiger charge is 2.20. The first-order valence-corrected chi connectivity index (χ1v) is 7.10. The summed E-state index contributed by atoms with van der Waals surface area (Å²) in [6.07, 6.45) is 3.67. The molecule has 5 heteroatoms. The Labute approximate surface area is 114 Å². The topological polar surface area (TPSA) is 32.3 Å². The molecule has 1 aliphatic heterocycles. The van der Waals surface area contributed by atoms with Gasteiger partial charge < -0.3 is 4.90 Å². The fourth-order valence-corrected chi connectivity index (χ4v) is 2.72. The lowest BCUT2D eigenvalue weighted by Crippen LogP contribution is -2.47. The molecule has 0 N–H and O–H groups in total. The fraction of sp³-hybridized carbons (Fsp3) is 0.692. The minimum Gasteiger partial charge on any atom is -0.354 e. The molecule has 0 aliphatic carbocycles. The zero-order valence-electron chi connectivity index (χ0n) is 11.2. The third-order valence-corrected chi connectivity index (χ3v) is 3.76. The number of hydrogen-bond acceptors (Lipinski definition) is 4. The second-order valence-corrected chi connectivity index (χ2v) is 5.01. The van der Waals surface area contributed by atoms with Crippen molar-refractivity contribution in [1.82, 2.24) is 14.9 Å². The molecular formula is C13H21ClN4. The molecule has 2 heterocycles. The number of nitrogens with zero attached hydrogens (tertiary/aromatic N) is 4. The molecule has 1 aliphatic rings. The Kier molecular flexibility index (Phi) is 4.78. The number of hydrogen-bond donors (Lipinski definition) is 0. The van der Waals surface area contributed by atoms with Crippen molar-refractivity contribution in [1.29, 1.82) is 0 Å². The van der Waals surface area contributed by atoms with Gasteiger partial charge in [-0.15, -0.1) is 0 Å². The van der Waals surface area contributed by atoms with Gasteiger partial charge >= 0.3 is 0 Å². The van der Waals surface area contributed by atoms with Crippen LogP contribution in [0.5, 0.6) is 0 Å². The van der Waals surface area contributed by atoms with Gasteiger partial charge in [0, 0.05) is 31.7 Å². The van der Waals surface area contributed by atoms with E-state index in [2.05, 4.69) is 33.6 Å². The summed E-state index contributed by atoms with van der Waals surface area (Å²) in [6.45, 7) is 9.80. The fourth-order valence-electron chi connectivity index (χ4n) is 2.46. The van der Waals surface area contributed by atoms with E-state index in [1.807, 2.05) is 0 Å². The van der Waals surface area contributed by atoms with E-state index in [1.54, 1.807) is 6.33 Å². The van der Waals surface area contributed by atoms with Crippen LogP contribution in [0.2, 0.25) is 5.15 Å². The molecule has 2 rings (SSSR count). The molecule has 1 aromatic rings. The quantitative estimate of drug-likeness (QED) is 0.784. The molecule has 0 bridgehead atoms. The van der Waals surface area contributed by atoms with E-state index >= 15 is 0 Å². The summed E-state index contributed by atoms with van der Waals surface area (Å²) in [5.41, 5.74) is 1.07. The Morgan fingerprint density at radius 1 is 1.17 bits per heavy atom. The van der Waals surface area contributed by atoms with E-state index in [-0.39, 0.29) is 0 Å². The summed E-state index contributed by atoms with van der Waals surface area (Å²) in [5, 5.41) is 0.596. The normalized spacial score (nSPS) is 17.2. The van der Waals surface area contributed by atoms with Gasteiger partial charge in [0.25, 0.3) is 0 Å². The number of piperazine rings is 1. The van der Waals surface area contributed by atoms with Gasteiger partial charge in [0.1, 0.15) is 17.3 Å². The van der Waals surface area contributed by atoms with E-state index in [1.165, 1.54) is 13.0 Å². The number of anilines is 1. The molecule has 1 aromatic heterocycles. The summed E-state index contributed by atoms with van der Waals surface area (Å²) in [5.74, 6) is 1.02. The zero-order valence-corrected chi connectivity index (χ0v) is 11.9. The highest BCUT2D eigenvalue weighted by Crippen LogP contribution is 2.24. The molecular weight excluding hydrogens is 248 g/mol. The van der Waals surface area contributed by atoms with Crippen molar-refractivity contribution in [2.75, 3.05) is 37.6 Å². The predicted molar refractivity (Wildman–Crippen MR) is 75.4 cm³/mol. The van der Waals surface area contributed by atoms with E-state index in [0.717, 1.165) is 44.0 Å². The van der Waals surface area contributed by atoms with Crippen LogP contribution in [0.1, 0.15) is 25.8 Å². The summed E-state index contributed by atoms with van der Waals surface area (Å²) in [6, 6.07) is 0. The van der Waals surface area contributed by atoms with Crippen LogP contribution in [-0.4, -0.2) is 47.6 Å². The van der Waals surface area contributed by atoms with Crippen molar-refractivity contribution in [3.63, 3.8) is 0 Å². The smallest absolute Gasteiger partial charge is 0.137 e. The zero-order chi connectivity index (χ0) is 13.0. The van der Waals surface area contributed by atoms with Crippen molar-refractivity contribution >= 4 is 17.4 Å². The molecule has 1 saturated heterocycles. The standard InChI is InChI=1S/C13H21ClN4/c1-3-5-17-6-8-18(9-7-17)13-11(4-2)12(14)15-10-16-13/h10H,3-9H2,1-2H3. The van der Waals surface area contributed by atoms with Gasteiger partial charge in [-0.3, -0.25) is 4.90 Å². The lowest BCUT2D eigenvalue weighted by atomic mass is 10.2. The van der Waals surface area contributed by atoms with Gasteiger partial charge in [0.15, 0.2) is 0 Å². The maximum atomic E-state index is 6.14. The minimum atomic E-state index is 0.596. The van der Waals surface area contributed by atoms with Crippen molar-refractivity contribution in [3.05, 3.63) is 17.0 Å². The van der Waals surface area contributed by atoms with Crippen LogP contribution >= 0.6 is 11.6 Å². The summed E-state index contributed by atoms with van der Waals surface area (Å²) < 4.78 is 0. The molecule has 100 valence electrons. The number of halogens is 1. The molecule has 1 fully saturated rings. The van der Waals surface area contributed by atoms with E-state index in [4.69, 9.17) is 11.6 Å². The molecule has 0 radical (unpaired) electrons. The van der Waals surface area contributed by atoms with E-state index in [0.29, 0.717) is 5.15 Å². The van der Waals surface area contributed by atoms with Crippen LogP contribution in [0.15, 0.2) is 6.33 Å². The first kappa shape index (κ1) is 13.6. The Morgan fingerprint density at radius 2 is 1.89 bits per heavy atom. The van der Waals surface area contributed by atoms with E-state index in [9.17, 15) is 0 Å². The number of aromatic nitrogens is 2. The highest BCUT2D eigenvalue weighted by molar-refractivity contribution is 6.30. The van der Waals surface area contributed by atoms with Gasteiger partial charge in [0.05, 0.1) is 0 Å². The van der Waals surface area contributed by atoms with Gasteiger partial charge in [-0.1, -0.05) is 25.4 Å². The van der Waals surface area contributed by atoms with Crippen LogP contribution in [-0.2, 0) is 6.42 Å². The minimum absolute atomic E-state index is 0.596. The van der Waals surface area contributed by atoms with Crippen LogP contribution in [0, 0.1) is 0 Å². The van der Waals surface area contributed by atoms with Crippen molar-refractivity contribution in [3.8, 4) is 0 Å². The first-order chi connectivity index (χ1) is 8.76. The molecule has 0 saturated carbocycles. The summed E-state index contributed by atoms with van der Waals surface area (Å²) in [7, 11) is 0. The van der Waals surface area contributed by atoms with Crippen molar-refractivity contribution in [2.45, 2.75) is 26.7 Å². The third kappa shape index (κ3) is 2.93.